The van der Waals surface area contributed by atoms with E-state index in [4.69, 9.17) is 5.73 Å². The summed E-state index contributed by atoms with van der Waals surface area (Å²) in [4.78, 5) is 0. The van der Waals surface area contributed by atoms with Gasteiger partial charge in [-0.1, -0.05) is 38.8 Å². The Labute approximate surface area is 116 Å². The highest BCUT2D eigenvalue weighted by Gasteiger charge is 2.05. The minimum atomic E-state index is 0.279. The van der Waals surface area contributed by atoms with E-state index in [1.807, 2.05) is 0 Å². The van der Waals surface area contributed by atoms with Crippen molar-refractivity contribution in [2.24, 2.45) is 5.73 Å². The molecule has 19 heavy (non-hydrogen) atoms. The molecule has 1 atom stereocenters. The molecule has 1 unspecified atom stereocenters. The number of hydrogen-bond acceptors (Lipinski definition) is 1. The monoisotopic (exact) mass is 258 g/mol. The molecule has 0 fully saturated rings. The van der Waals surface area contributed by atoms with Crippen LogP contribution in [0.25, 0.3) is 10.9 Å². The lowest BCUT2D eigenvalue weighted by Gasteiger charge is -2.10. The number of fused-ring (bicyclic) bond motifs is 1. The van der Waals surface area contributed by atoms with Crippen LogP contribution < -0.4 is 5.73 Å². The van der Waals surface area contributed by atoms with Gasteiger partial charge in [0.25, 0.3) is 0 Å². The van der Waals surface area contributed by atoms with Gasteiger partial charge in [-0.05, 0) is 42.3 Å². The molecule has 0 bridgehead atoms. The van der Waals surface area contributed by atoms with Crippen molar-refractivity contribution in [2.45, 2.75) is 58.5 Å². The standard InChI is InChI=1S/C17H26N2/c1-3-5-6-10-19-11-9-15-8-7-14(13-17(15)19)12-16(18)4-2/h7-9,11,13,16H,3-6,10,12,18H2,1-2H3. The molecule has 0 saturated heterocycles. The summed E-state index contributed by atoms with van der Waals surface area (Å²) in [7, 11) is 0. The molecule has 0 aliphatic rings. The molecule has 1 aromatic carbocycles. The summed E-state index contributed by atoms with van der Waals surface area (Å²) in [6.07, 6.45) is 8.07. The molecule has 1 aromatic heterocycles. The van der Waals surface area contributed by atoms with E-state index in [9.17, 15) is 0 Å². The Morgan fingerprint density at radius 2 is 2.00 bits per heavy atom. The van der Waals surface area contributed by atoms with Crippen molar-refractivity contribution in [1.29, 1.82) is 0 Å². The number of aryl methyl sites for hydroxylation is 1. The zero-order valence-corrected chi connectivity index (χ0v) is 12.2. The second-order valence-electron chi connectivity index (χ2n) is 5.48. The van der Waals surface area contributed by atoms with Crippen molar-refractivity contribution in [1.82, 2.24) is 4.57 Å². The van der Waals surface area contributed by atoms with Crippen molar-refractivity contribution in [3.05, 3.63) is 36.0 Å². The maximum absolute atomic E-state index is 6.05. The first-order valence-corrected chi connectivity index (χ1v) is 7.58. The Kier molecular flexibility index (Phi) is 5.03. The number of hydrogen-bond donors (Lipinski definition) is 1. The van der Waals surface area contributed by atoms with Crippen LogP contribution in [0.5, 0.6) is 0 Å². The quantitative estimate of drug-likeness (QED) is 0.744. The molecule has 2 rings (SSSR count). The molecule has 1 heterocycles. The van der Waals surface area contributed by atoms with Gasteiger partial charge in [-0.25, -0.2) is 0 Å². The normalized spacial score (nSPS) is 13.0. The first kappa shape index (κ1) is 14.1. The number of unbranched alkanes of at least 4 members (excludes halogenated alkanes) is 2. The molecule has 104 valence electrons. The third-order valence-corrected chi connectivity index (χ3v) is 3.86. The van der Waals surface area contributed by atoms with Gasteiger partial charge in [-0.15, -0.1) is 0 Å². The van der Waals surface area contributed by atoms with E-state index in [1.54, 1.807) is 0 Å². The van der Waals surface area contributed by atoms with Gasteiger partial charge in [-0.3, -0.25) is 0 Å². The second kappa shape index (κ2) is 6.76. The topological polar surface area (TPSA) is 30.9 Å². The lowest BCUT2D eigenvalue weighted by atomic mass is 10.0. The average Bonchev–Trinajstić information content (AvgIpc) is 2.82. The fourth-order valence-corrected chi connectivity index (χ4v) is 2.53. The summed E-state index contributed by atoms with van der Waals surface area (Å²) in [5, 5.41) is 1.34. The molecule has 2 heteroatoms. The molecule has 2 N–H and O–H groups in total. The zero-order valence-electron chi connectivity index (χ0n) is 12.2. The van der Waals surface area contributed by atoms with E-state index >= 15 is 0 Å². The Morgan fingerprint density at radius 3 is 2.74 bits per heavy atom. The third kappa shape index (κ3) is 3.60. The van der Waals surface area contributed by atoms with Crippen LogP contribution in [0.15, 0.2) is 30.5 Å². The SMILES string of the molecule is CCCCCn1ccc2ccc(CC(N)CC)cc21. The van der Waals surface area contributed by atoms with Crippen molar-refractivity contribution in [3.63, 3.8) is 0 Å². The Hall–Kier alpha value is -1.28. The molecule has 0 saturated carbocycles. The highest BCUT2D eigenvalue weighted by Crippen LogP contribution is 2.19. The molecule has 0 aliphatic heterocycles. The maximum Gasteiger partial charge on any atom is 0.0483 e. The van der Waals surface area contributed by atoms with Gasteiger partial charge in [0.05, 0.1) is 0 Å². The van der Waals surface area contributed by atoms with Crippen LogP contribution in [0.3, 0.4) is 0 Å². The highest BCUT2D eigenvalue weighted by atomic mass is 14.9. The summed E-state index contributed by atoms with van der Waals surface area (Å²) >= 11 is 0. The molecule has 2 aromatic rings. The van der Waals surface area contributed by atoms with Crippen LogP contribution in [0.1, 0.15) is 45.1 Å². The van der Waals surface area contributed by atoms with Gasteiger partial charge in [0, 0.05) is 24.3 Å². The van der Waals surface area contributed by atoms with Crippen LogP contribution >= 0.6 is 0 Å². The predicted octanol–water partition coefficient (Wildman–Crippen LogP) is 4.11. The van der Waals surface area contributed by atoms with E-state index in [-0.39, 0.29) is 6.04 Å². The van der Waals surface area contributed by atoms with E-state index < -0.39 is 0 Å². The molecule has 2 nitrogen and oxygen atoms in total. The van der Waals surface area contributed by atoms with Crippen molar-refractivity contribution in [2.75, 3.05) is 0 Å². The predicted molar refractivity (Wildman–Crippen MR) is 83.4 cm³/mol. The minimum Gasteiger partial charge on any atom is -0.347 e. The zero-order chi connectivity index (χ0) is 13.7. The highest BCUT2D eigenvalue weighted by molar-refractivity contribution is 5.80. The first-order valence-electron chi connectivity index (χ1n) is 7.58. The Balaban J connectivity index is 2.17. The van der Waals surface area contributed by atoms with Gasteiger partial charge in [-0.2, -0.15) is 0 Å². The second-order valence-corrected chi connectivity index (χ2v) is 5.48. The van der Waals surface area contributed by atoms with Crippen LogP contribution in [0.2, 0.25) is 0 Å². The molecule has 0 aliphatic carbocycles. The van der Waals surface area contributed by atoms with E-state index in [0.29, 0.717) is 0 Å². The lowest BCUT2D eigenvalue weighted by molar-refractivity contribution is 0.615. The van der Waals surface area contributed by atoms with E-state index in [0.717, 1.165) is 19.4 Å². The summed E-state index contributed by atoms with van der Waals surface area (Å²) < 4.78 is 2.38. The van der Waals surface area contributed by atoms with Gasteiger partial charge >= 0.3 is 0 Å². The number of benzene rings is 1. The van der Waals surface area contributed by atoms with Crippen LogP contribution in [-0.4, -0.2) is 10.6 Å². The largest absolute Gasteiger partial charge is 0.347 e. The van der Waals surface area contributed by atoms with Crippen molar-refractivity contribution in [3.8, 4) is 0 Å². The number of rotatable bonds is 7. The smallest absolute Gasteiger partial charge is 0.0483 e. The van der Waals surface area contributed by atoms with Crippen LogP contribution in [0.4, 0.5) is 0 Å². The van der Waals surface area contributed by atoms with Gasteiger partial charge in [0.2, 0.25) is 0 Å². The Bertz CT molecular complexity index is 513. The number of aromatic nitrogens is 1. The molecule has 0 amide bonds. The molecular formula is C17H26N2. The Morgan fingerprint density at radius 1 is 1.16 bits per heavy atom. The summed E-state index contributed by atoms with van der Waals surface area (Å²) in [5.41, 5.74) is 8.77. The van der Waals surface area contributed by atoms with Crippen LogP contribution in [0, 0.1) is 0 Å². The average molecular weight is 258 g/mol. The van der Waals surface area contributed by atoms with Crippen molar-refractivity contribution >= 4 is 10.9 Å². The first-order chi connectivity index (χ1) is 9.24. The fraction of sp³-hybridized carbons (Fsp3) is 0.529. The van der Waals surface area contributed by atoms with E-state index in [1.165, 1.54) is 35.7 Å². The number of nitrogens with zero attached hydrogens (tertiary/aromatic N) is 1. The molecule has 0 radical (unpaired) electrons. The lowest BCUT2D eigenvalue weighted by Crippen LogP contribution is -2.21. The van der Waals surface area contributed by atoms with Gasteiger partial charge in [0.15, 0.2) is 0 Å². The maximum atomic E-state index is 6.05. The van der Waals surface area contributed by atoms with Gasteiger partial charge < -0.3 is 10.3 Å². The van der Waals surface area contributed by atoms with Gasteiger partial charge in [0.1, 0.15) is 0 Å². The molecule has 0 spiro atoms. The summed E-state index contributed by atoms with van der Waals surface area (Å²) in [5.74, 6) is 0. The summed E-state index contributed by atoms with van der Waals surface area (Å²) in [6, 6.07) is 9.25. The van der Waals surface area contributed by atoms with Crippen LogP contribution in [-0.2, 0) is 13.0 Å². The third-order valence-electron chi connectivity index (χ3n) is 3.86. The fourth-order valence-electron chi connectivity index (χ4n) is 2.53. The molecular weight excluding hydrogens is 232 g/mol. The summed E-state index contributed by atoms with van der Waals surface area (Å²) in [6.45, 7) is 5.52. The van der Waals surface area contributed by atoms with Crippen molar-refractivity contribution < 1.29 is 0 Å². The minimum absolute atomic E-state index is 0.279. The van der Waals surface area contributed by atoms with E-state index in [2.05, 4.69) is 48.9 Å². The number of nitrogens with two attached hydrogens (primary N) is 1.